The molecule has 3 heterocycles. The van der Waals surface area contributed by atoms with Gasteiger partial charge in [-0.05, 0) is 53.9 Å². The molecule has 48 heavy (non-hydrogen) atoms. The molecule has 0 radical (unpaired) electrons. The minimum Gasteiger partial charge on any atom is -0.392 e. The van der Waals surface area contributed by atoms with Gasteiger partial charge in [-0.2, -0.15) is 9.78 Å². The zero-order valence-corrected chi connectivity index (χ0v) is 27.8. The quantitative estimate of drug-likeness (QED) is 0.279. The molecule has 1 amide bonds. The van der Waals surface area contributed by atoms with E-state index in [-0.39, 0.29) is 33.8 Å². The number of halogens is 1. The van der Waals surface area contributed by atoms with E-state index in [1.54, 1.807) is 61.6 Å². The zero-order chi connectivity index (χ0) is 34.5. The number of amides is 1. The van der Waals surface area contributed by atoms with Gasteiger partial charge in [-0.1, -0.05) is 45.0 Å². The summed E-state index contributed by atoms with van der Waals surface area (Å²) in [6, 6.07) is 15.1. The summed E-state index contributed by atoms with van der Waals surface area (Å²) in [5, 5.41) is 18.3. The number of aryl methyl sites for hydroxylation is 1. The predicted octanol–water partition coefficient (Wildman–Crippen LogP) is 4.26. The molecule has 5 aromatic rings. The number of rotatable bonds is 6. The molecule has 1 atom stereocenters. The average molecular weight is 652 g/mol. The second-order valence-corrected chi connectivity index (χ2v) is 13.3. The molecule has 1 aliphatic heterocycles. The van der Waals surface area contributed by atoms with Gasteiger partial charge in [0.2, 0.25) is 5.91 Å². The SMILES string of the molecule is CN1CCN(C)C(c2ccc(Nc3nc(-c4cccc(-n5ncc6cc(C(C)(C)C)cc(F)c6c5=O)c4CO)cn(C)c3=O)cc2)C1=O. The monoisotopic (exact) mass is 651 g/mol. The zero-order valence-electron chi connectivity index (χ0n) is 27.8. The molecule has 1 unspecified atom stereocenters. The number of fused-ring (bicyclic) bond motifs is 1. The van der Waals surface area contributed by atoms with E-state index in [1.165, 1.54) is 16.8 Å². The normalized spacial score (nSPS) is 15.7. The first-order valence-corrected chi connectivity index (χ1v) is 15.6. The Balaban J connectivity index is 1.37. The van der Waals surface area contributed by atoms with Gasteiger partial charge in [0.15, 0.2) is 5.82 Å². The lowest BCUT2D eigenvalue weighted by atomic mass is 9.86. The van der Waals surface area contributed by atoms with E-state index in [0.717, 1.165) is 22.4 Å². The number of hydrogen-bond donors (Lipinski definition) is 2. The van der Waals surface area contributed by atoms with Crippen LogP contribution in [0.2, 0.25) is 0 Å². The lowest BCUT2D eigenvalue weighted by Gasteiger charge is -2.37. The van der Waals surface area contributed by atoms with Crippen LogP contribution in [0.15, 0.2) is 76.6 Å². The van der Waals surface area contributed by atoms with Crippen molar-refractivity contribution < 1.29 is 14.3 Å². The summed E-state index contributed by atoms with van der Waals surface area (Å²) < 4.78 is 17.8. The number of nitrogens with one attached hydrogen (secondary N) is 1. The Morgan fingerprint density at radius 3 is 2.40 bits per heavy atom. The molecular weight excluding hydrogens is 613 g/mol. The van der Waals surface area contributed by atoms with Crippen LogP contribution in [0.5, 0.6) is 0 Å². The standard InChI is InChI=1S/C36H38FN7O4/c1-36(2,3)23-16-22-18-38-44(33(46)30(22)27(37)17-23)29-9-7-8-25(26(29)20-45)28-19-43(6)35(48)32(40-28)39-24-12-10-21(11-13-24)31-34(47)42(5)15-14-41(31)4/h7-13,16-19,31,45H,14-15,20H2,1-6H3,(H,39,40). The van der Waals surface area contributed by atoms with E-state index in [4.69, 9.17) is 0 Å². The first-order valence-electron chi connectivity index (χ1n) is 15.6. The van der Waals surface area contributed by atoms with Gasteiger partial charge in [-0.15, -0.1) is 0 Å². The van der Waals surface area contributed by atoms with E-state index >= 15 is 4.39 Å². The Morgan fingerprint density at radius 1 is 0.979 bits per heavy atom. The molecule has 0 aliphatic carbocycles. The predicted molar refractivity (Wildman–Crippen MR) is 183 cm³/mol. The van der Waals surface area contributed by atoms with Crippen LogP contribution < -0.4 is 16.4 Å². The van der Waals surface area contributed by atoms with Crippen molar-refractivity contribution in [3.8, 4) is 16.9 Å². The molecule has 12 heteroatoms. The number of aliphatic hydroxyl groups is 1. The smallest absolute Gasteiger partial charge is 0.293 e. The topological polar surface area (TPSA) is 126 Å². The van der Waals surface area contributed by atoms with E-state index in [2.05, 4.69) is 15.4 Å². The summed E-state index contributed by atoms with van der Waals surface area (Å²) in [5.41, 5.74) is 2.21. The van der Waals surface area contributed by atoms with Crippen LogP contribution in [-0.4, -0.2) is 67.3 Å². The van der Waals surface area contributed by atoms with Crippen molar-refractivity contribution in [1.82, 2.24) is 29.1 Å². The van der Waals surface area contributed by atoms with E-state index in [1.807, 2.05) is 44.9 Å². The van der Waals surface area contributed by atoms with Gasteiger partial charge in [0.1, 0.15) is 11.9 Å². The van der Waals surface area contributed by atoms with E-state index < -0.39 is 24.0 Å². The number of likely N-dealkylation sites (N-methyl/N-ethyl adjacent to an activating group) is 2. The van der Waals surface area contributed by atoms with Crippen LogP contribution in [0.4, 0.5) is 15.9 Å². The molecule has 11 nitrogen and oxygen atoms in total. The van der Waals surface area contributed by atoms with Gasteiger partial charge in [0, 0.05) is 55.6 Å². The Hall–Kier alpha value is -5.20. The Morgan fingerprint density at radius 2 is 1.71 bits per heavy atom. The molecule has 1 saturated heterocycles. The molecule has 0 spiro atoms. The maximum Gasteiger partial charge on any atom is 0.293 e. The van der Waals surface area contributed by atoms with Crippen LogP contribution in [0.25, 0.3) is 27.7 Å². The third-order valence-corrected chi connectivity index (χ3v) is 8.92. The van der Waals surface area contributed by atoms with Crippen molar-refractivity contribution in [2.24, 2.45) is 7.05 Å². The fourth-order valence-corrected chi connectivity index (χ4v) is 6.06. The highest BCUT2D eigenvalue weighted by Crippen LogP contribution is 2.30. The first kappa shape index (κ1) is 32.7. The summed E-state index contributed by atoms with van der Waals surface area (Å²) in [7, 11) is 5.31. The number of benzene rings is 3. The summed E-state index contributed by atoms with van der Waals surface area (Å²) in [6.45, 7) is 6.84. The molecule has 2 N–H and O–H groups in total. The highest BCUT2D eigenvalue weighted by atomic mass is 19.1. The maximum absolute atomic E-state index is 15.4. The average Bonchev–Trinajstić information content (AvgIpc) is 3.05. The highest BCUT2D eigenvalue weighted by Gasteiger charge is 2.32. The maximum atomic E-state index is 15.4. The van der Waals surface area contributed by atoms with Crippen molar-refractivity contribution in [1.29, 1.82) is 0 Å². The number of aromatic nitrogens is 4. The van der Waals surface area contributed by atoms with Gasteiger partial charge in [0.25, 0.3) is 11.1 Å². The van der Waals surface area contributed by atoms with E-state index in [0.29, 0.717) is 34.4 Å². The second-order valence-electron chi connectivity index (χ2n) is 13.3. The number of aliphatic hydroxyl groups excluding tert-OH is 1. The van der Waals surface area contributed by atoms with Crippen LogP contribution >= 0.6 is 0 Å². The molecule has 3 aromatic carbocycles. The molecule has 6 rings (SSSR count). The third-order valence-electron chi connectivity index (χ3n) is 8.92. The second kappa shape index (κ2) is 12.4. The van der Waals surface area contributed by atoms with Crippen molar-refractivity contribution in [2.75, 3.05) is 32.5 Å². The summed E-state index contributed by atoms with van der Waals surface area (Å²) in [4.78, 5) is 48.0. The molecular formula is C36H38FN7O4. The van der Waals surface area contributed by atoms with Crippen LogP contribution in [0.1, 0.15) is 43.5 Å². The number of hydrogen-bond acceptors (Lipinski definition) is 8. The number of carbonyl (C=O) groups is 1. The molecule has 0 bridgehead atoms. The lowest BCUT2D eigenvalue weighted by molar-refractivity contribution is -0.139. The number of piperazine rings is 1. The molecule has 248 valence electrons. The summed E-state index contributed by atoms with van der Waals surface area (Å²) in [5.74, 6) is -0.579. The summed E-state index contributed by atoms with van der Waals surface area (Å²) >= 11 is 0. The lowest BCUT2D eigenvalue weighted by Crippen LogP contribution is -2.48. The summed E-state index contributed by atoms with van der Waals surface area (Å²) in [6.07, 6.45) is 2.99. The Kier molecular flexibility index (Phi) is 8.48. The van der Waals surface area contributed by atoms with Gasteiger partial charge >= 0.3 is 0 Å². The number of carbonyl (C=O) groups excluding carboxylic acids is 1. The van der Waals surface area contributed by atoms with Crippen molar-refractivity contribution >= 4 is 28.2 Å². The van der Waals surface area contributed by atoms with Gasteiger partial charge in [0.05, 0.1) is 29.6 Å². The van der Waals surface area contributed by atoms with Crippen molar-refractivity contribution in [3.63, 3.8) is 0 Å². The van der Waals surface area contributed by atoms with Crippen molar-refractivity contribution in [3.05, 3.63) is 110 Å². The van der Waals surface area contributed by atoms with Crippen LogP contribution in [0, 0.1) is 5.82 Å². The van der Waals surface area contributed by atoms with Gasteiger partial charge in [-0.3, -0.25) is 19.3 Å². The first-order chi connectivity index (χ1) is 22.8. The minimum absolute atomic E-state index is 0.0237. The molecule has 0 saturated carbocycles. The third kappa shape index (κ3) is 5.88. The molecule has 2 aromatic heterocycles. The molecule has 1 fully saturated rings. The fraction of sp³-hybridized carbons (Fsp3) is 0.306. The minimum atomic E-state index is -0.663. The molecule has 1 aliphatic rings. The van der Waals surface area contributed by atoms with E-state index in [9.17, 15) is 19.5 Å². The fourth-order valence-electron chi connectivity index (χ4n) is 6.06. The van der Waals surface area contributed by atoms with Crippen molar-refractivity contribution in [2.45, 2.75) is 38.8 Å². The van der Waals surface area contributed by atoms with Crippen LogP contribution in [0.3, 0.4) is 0 Å². The number of nitrogens with zero attached hydrogens (tertiary/aromatic N) is 6. The Bertz CT molecular complexity index is 2170. The highest BCUT2D eigenvalue weighted by molar-refractivity contribution is 5.84. The van der Waals surface area contributed by atoms with Crippen LogP contribution in [-0.2, 0) is 23.9 Å². The van der Waals surface area contributed by atoms with Gasteiger partial charge in [-0.25, -0.2) is 9.37 Å². The largest absolute Gasteiger partial charge is 0.392 e. The Labute approximate surface area is 276 Å². The van der Waals surface area contributed by atoms with Gasteiger partial charge < -0.3 is 19.9 Å². The number of anilines is 2.